The molecule has 4 nitrogen and oxygen atoms in total. The van der Waals surface area contributed by atoms with Crippen molar-refractivity contribution in [2.24, 2.45) is 0 Å². The average Bonchev–Trinajstić information content (AvgIpc) is 3.35. The molecular formula is C18H14Cl2F3N3O. The number of fused-ring (bicyclic) bond motifs is 1. The van der Waals surface area contributed by atoms with E-state index < -0.39 is 12.8 Å². The lowest BCUT2D eigenvalue weighted by molar-refractivity contribution is -0.154. The van der Waals surface area contributed by atoms with Crippen LogP contribution in [0.2, 0.25) is 10.2 Å². The van der Waals surface area contributed by atoms with E-state index in [4.69, 9.17) is 23.2 Å². The molecule has 1 fully saturated rings. The van der Waals surface area contributed by atoms with Crippen LogP contribution in [0.3, 0.4) is 0 Å². The summed E-state index contributed by atoms with van der Waals surface area (Å²) in [5.41, 5.74) is 5.36. The summed E-state index contributed by atoms with van der Waals surface area (Å²) in [4.78, 5) is 10.3. The maximum Gasteiger partial charge on any atom is 0.422 e. The molecule has 2 aliphatic rings. The zero-order valence-corrected chi connectivity index (χ0v) is 15.5. The smallest absolute Gasteiger partial charge is 0.422 e. The van der Waals surface area contributed by atoms with E-state index in [0.717, 1.165) is 35.2 Å². The van der Waals surface area contributed by atoms with E-state index in [1.165, 1.54) is 11.8 Å². The summed E-state index contributed by atoms with van der Waals surface area (Å²) in [5, 5.41) is 0.537. The molecular weight excluding hydrogens is 402 g/mol. The van der Waals surface area contributed by atoms with Gasteiger partial charge in [-0.25, -0.2) is 9.97 Å². The van der Waals surface area contributed by atoms with E-state index in [1.54, 1.807) is 12.3 Å². The van der Waals surface area contributed by atoms with Crippen LogP contribution in [0.15, 0.2) is 30.1 Å². The van der Waals surface area contributed by atoms with Crippen LogP contribution in [-0.4, -0.2) is 27.7 Å². The van der Waals surface area contributed by atoms with Gasteiger partial charge >= 0.3 is 6.18 Å². The number of ether oxygens (including phenoxy) is 1. The minimum atomic E-state index is -4.44. The average molecular weight is 416 g/mol. The Morgan fingerprint density at radius 3 is 2.63 bits per heavy atom. The van der Waals surface area contributed by atoms with Crippen LogP contribution < -0.4 is 4.74 Å². The minimum absolute atomic E-state index is 0.0498. The summed E-state index contributed by atoms with van der Waals surface area (Å²) in [6, 6.07) is 3.54. The molecule has 0 atom stereocenters. The quantitative estimate of drug-likeness (QED) is 0.639. The number of hydrogen-bond donors (Lipinski definition) is 0. The van der Waals surface area contributed by atoms with Gasteiger partial charge in [0.1, 0.15) is 10.2 Å². The van der Waals surface area contributed by atoms with Gasteiger partial charge in [-0.1, -0.05) is 23.2 Å². The highest BCUT2D eigenvalue weighted by Gasteiger charge is 2.32. The first-order valence-corrected chi connectivity index (χ1v) is 9.02. The molecule has 0 aromatic carbocycles. The molecule has 0 radical (unpaired) electrons. The Bertz CT molecular complexity index is 925. The molecule has 0 spiro atoms. The van der Waals surface area contributed by atoms with E-state index in [9.17, 15) is 13.2 Å². The Hall–Kier alpha value is -1.99. The molecule has 0 amide bonds. The molecule has 4 rings (SSSR count). The molecule has 1 aliphatic heterocycles. The number of rotatable bonds is 4. The first-order valence-electron chi connectivity index (χ1n) is 8.26. The third kappa shape index (κ3) is 3.99. The summed E-state index contributed by atoms with van der Waals surface area (Å²) in [6.45, 7) is -0.302. The normalized spacial score (nSPS) is 16.0. The van der Waals surface area contributed by atoms with E-state index in [1.807, 2.05) is 6.07 Å². The van der Waals surface area contributed by atoms with Gasteiger partial charge in [-0.3, -0.25) is 0 Å². The fourth-order valence-corrected chi connectivity index (χ4v) is 3.62. The lowest BCUT2D eigenvalue weighted by Crippen LogP contribution is -2.20. The summed E-state index contributed by atoms with van der Waals surface area (Å²) in [6.07, 6.45) is 0.834. The van der Waals surface area contributed by atoms with Crippen LogP contribution in [-0.2, 0) is 13.1 Å². The SMILES string of the molecule is FC(F)(F)COc1ncc(CN2Cc3c(ccnc3Cl)C2=C2CC2)cc1Cl. The molecule has 2 aromatic heterocycles. The Balaban J connectivity index is 1.54. The van der Waals surface area contributed by atoms with Gasteiger partial charge in [-0.15, -0.1) is 0 Å². The third-order valence-corrected chi connectivity index (χ3v) is 4.96. The number of pyridine rings is 2. The van der Waals surface area contributed by atoms with Crippen LogP contribution in [0.5, 0.6) is 5.88 Å². The Labute approximate surface area is 163 Å². The van der Waals surface area contributed by atoms with E-state index in [2.05, 4.69) is 19.6 Å². The first-order chi connectivity index (χ1) is 12.8. The molecule has 0 N–H and O–H groups in total. The number of halogens is 5. The summed E-state index contributed by atoms with van der Waals surface area (Å²) < 4.78 is 41.5. The highest BCUT2D eigenvalue weighted by Crippen LogP contribution is 2.45. The highest BCUT2D eigenvalue weighted by molar-refractivity contribution is 6.31. The van der Waals surface area contributed by atoms with Gasteiger partial charge in [0.05, 0.1) is 0 Å². The zero-order valence-electron chi connectivity index (χ0n) is 14.0. The summed E-state index contributed by atoms with van der Waals surface area (Å²) in [7, 11) is 0. The van der Waals surface area contributed by atoms with Gasteiger partial charge in [0, 0.05) is 42.3 Å². The predicted octanol–water partition coefficient (Wildman–Crippen LogP) is 5.25. The van der Waals surface area contributed by atoms with Crippen LogP contribution in [0.25, 0.3) is 5.70 Å². The van der Waals surface area contributed by atoms with Crippen LogP contribution in [0, 0.1) is 0 Å². The van der Waals surface area contributed by atoms with Crippen molar-refractivity contribution in [3.05, 3.63) is 57.0 Å². The molecule has 2 aromatic rings. The molecule has 3 heterocycles. The van der Waals surface area contributed by atoms with E-state index in [0.29, 0.717) is 18.2 Å². The van der Waals surface area contributed by atoms with Crippen LogP contribution >= 0.6 is 23.2 Å². The number of allylic oxidation sites excluding steroid dienone is 1. The zero-order chi connectivity index (χ0) is 19.2. The Morgan fingerprint density at radius 2 is 1.96 bits per heavy atom. The Kier molecular flexibility index (Phi) is 4.68. The predicted molar refractivity (Wildman–Crippen MR) is 95.4 cm³/mol. The fraction of sp³-hybridized carbons (Fsp3) is 0.333. The first kappa shape index (κ1) is 18.4. The summed E-state index contributed by atoms with van der Waals surface area (Å²) >= 11 is 12.3. The number of alkyl halides is 3. The lowest BCUT2D eigenvalue weighted by Gasteiger charge is -2.21. The monoisotopic (exact) mass is 415 g/mol. The van der Waals surface area contributed by atoms with Crippen molar-refractivity contribution in [2.75, 3.05) is 6.61 Å². The molecule has 0 bridgehead atoms. The van der Waals surface area contributed by atoms with Crippen molar-refractivity contribution in [1.82, 2.24) is 14.9 Å². The van der Waals surface area contributed by atoms with Gasteiger partial charge < -0.3 is 9.64 Å². The van der Waals surface area contributed by atoms with E-state index in [-0.39, 0.29) is 10.9 Å². The highest BCUT2D eigenvalue weighted by atomic mass is 35.5. The van der Waals surface area contributed by atoms with Crippen molar-refractivity contribution in [3.63, 3.8) is 0 Å². The lowest BCUT2D eigenvalue weighted by atomic mass is 10.1. The topological polar surface area (TPSA) is 38.2 Å². The molecule has 1 aliphatic carbocycles. The number of aromatic nitrogens is 2. The van der Waals surface area contributed by atoms with Crippen molar-refractivity contribution in [2.45, 2.75) is 32.1 Å². The standard InChI is InChI=1S/C18H14Cl2F3N3O/c19-14-5-10(6-25-17(14)27-9-18(21,22)23)7-26-8-13-12(3-4-24-16(13)20)15(26)11-1-2-11/h3-6H,1-2,7-9H2. The van der Waals surface area contributed by atoms with E-state index >= 15 is 0 Å². The maximum atomic E-state index is 12.3. The van der Waals surface area contributed by atoms with Crippen molar-refractivity contribution in [1.29, 1.82) is 0 Å². The second kappa shape index (κ2) is 6.87. The second-order valence-corrected chi connectivity index (χ2v) is 7.24. The fourth-order valence-electron chi connectivity index (χ4n) is 3.16. The second-order valence-electron chi connectivity index (χ2n) is 6.47. The molecule has 9 heteroatoms. The molecule has 1 saturated carbocycles. The van der Waals surface area contributed by atoms with Crippen molar-refractivity contribution in [3.8, 4) is 5.88 Å². The molecule has 0 saturated heterocycles. The van der Waals surface area contributed by atoms with Crippen molar-refractivity contribution >= 4 is 28.9 Å². The molecule has 27 heavy (non-hydrogen) atoms. The van der Waals surface area contributed by atoms with Gasteiger partial charge in [0.25, 0.3) is 0 Å². The Morgan fingerprint density at radius 1 is 1.19 bits per heavy atom. The van der Waals surface area contributed by atoms with Gasteiger partial charge in [-0.05, 0) is 36.1 Å². The third-order valence-electron chi connectivity index (χ3n) is 4.37. The number of hydrogen-bond acceptors (Lipinski definition) is 4. The molecule has 142 valence electrons. The van der Waals surface area contributed by atoms with Crippen LogP contribution in [0.1, 0.15) is 29.5 Å². The largest absolute Gasteiger partial charge is 0.467 e. The van der Waals surface area contributed by atoms with Crippen LogP contribution in [0.4, 0.5) is 13.2 Å². The minimum Gasteiger partial charge on any atom is -0.467 e. The molecule has 0 unspecified atom stereocenters. The van der Waals surface area contributed by atoms with Gasteiger partial charge in [0.2, 0.25) is 5.88 Å². The number of nitrogens with zero attached hydrogens (tertiary/aromatic N) is 3. The maximum absolute atomic E-state index is 12.3. The van der Waals surface area contributed by atoms with Crippen molar-refractivity contribution < 1.29 is 17.9 Å². The van der Waals surface area contributed by atoms with Gasteiger partial charge in [-0.2, -0.15) is 13.2 Å². The van der Waals surface area contributed by atoms with Gasteiger partial charge in [0.15, 0.2) is 6.61 Å². The summed E-state index contributed by atoms with van der Waals surface area (Å²) in [5.74, 6) is -0.226.